The number of hydrogen-bond acceptors (Lipinski definition) is 6. The predicted molar refractivity (Wildman–Crippen MR) is 99.5 cm³/mol. The van der Waals surface area contributed by atoms with Gasteiger partial charge in [-0.2, -0.15) is 0 Å². The molecule has 2 N–H and O–H groups in total. The van der Waals surface area contributed by atoms with Crippen LogP contribution in [0.25, 0.3) is 0 Å². The summed E-state index contributed by atoms with van der Waals surface area (Å²) in [6.45, 7) is -0.196. The highest BCUT2D eigenvalue weighted by Crippen LogP contribution is 2.29. The van der Waals surface area contributed by atoms with Crippen LogP contribution in [-0.4, -0.2) is 32.9 Å². The van der Waals surface area contributed by atoms with Crippen LogP contribution in [0.1, 0.15) is 6.42 Å². The Morgan fingerprint density at radius 1 is 1.26 bits per heavy atom. The van der Waals surface area contributed by atoms with Crippen LogP contribution < -0.4 is 14.8 Å². The molecular formula is C16H16ClN3O6S. The zero-order chi connectivity index (χ0) is 20.0. The first kappa shape index (κ1) is 20.6. The lowest BCUT2D eigenvalue weighted by molar-refractivity contribution is -0.386. The molecule has 27 heavy (non-hydrogen) atoms. The van der Waals surface area contributed by atoms with Crippen molar-refractivity contribution in [1.29, 1.82) is 0 Å². The van der Waals surface area contributed by atoms with Gasteiger partial charge in [-0.15, -0.1) is 0 Å². The molecule has 1 amide bonds. The highest BCUT2D eigenvalue weighted by Gasteiger charge is 2.22. The first-order chi connectivity index (χ1) is 12.7. The third-order valence-corrected chi connectivity index (χ3v) is 5.24. The van der Waals surface area contributed by atoms with E-state index in [0.29, 0.717) is 10.7 Å². The van der Waals surface area contributed by atoms with Gasteiger partial charge in [0.1, 0.15) is 0 Å². The molecule has 0 bridgehead atoms. The molecule has 0 unspecified atom stereocenters. The van der Waals surface area contributed by atoms with Crippen molar-refractivity contribution in [2.75, 3.05) is 19.0 Å². The number of carbonyl (C=O) groups is 1. The quantitative estimate of drug-likeness (QED) is 0.505. The highest BCUT2D eigenvalue weighted by atomic mass is 35.5. The number of nitrogens with one attached hydrogen (secondary N) is 2. The maximum Gasteiger partial charge on any atom is 0.312 e. The van der Waals surface area contributed by atoms with E-state index in [9.17, 15) is 23.3 Å². The van der Waals surface area contributed by atoms with Crippen LogP contribution in [0.15, 0.2) is 47.4 Å². The van der Waals surface area contributed by atoms with E-state index >= 15 is 0 Å². The number of rotatable bonds is 8. The van der Waals surface area contributed by atoms with Crippen molar-refractivity contribution in [3.05, 3.63) is 57.6 Å². The van der Waals surface area contributed by atoms with Crippen LogP contribution in [-0.2, 0) is 14.8 Å². The molecule has 0 fully saturated rings. The predicted octanol–water partition coefficient (Wildman–Crippen LogP) is 2.56. The van der Waals surface area contributed by atoms with Gasteiger partial charge >= 0.3 is 5.69 Å². The fourth-order valence-electron chi connectivity index (χ4n) is 2.14. The number of anilines is 1. The van der Waals surface area contributed by atoms with Crippen molar-refractivity contribution in [3.63, 3.8) is 0 Å². The van der Waals surface area contributed by atoms with Gasteiger partial charge in [0.05, 0.1) is 27.6 Å². The van der Waals surface area contributed by atoms with E-state index in [1.165, 1.54) is 19.2 Å². The molecule has 2 aromatic rings. The number of nitro groups is 1. The largest absolute Gasteiger partial charge is 0.490 e. The minimum Gasteiger partial charge on any atom is -0.490 e. The van der Waals surface area contributed by atoms with Crippen LogP contribution in [0.3, 0.4) is 0 Å². The lowest BCUT2D eigenvalue weighted by atomic mass is 10.3. The highest BCUT2D eigenvalue weighted by molar-refractivity contribution is 7.89. The van der Waals surface area contributed by atoms with Gasteiger partial charge in [-0.25, -0.2) is 13.1 Å². The summed E-state index contributed by atoms with van der Waals surface area (Å²) in [6, 6.07) is 9.89. The average molecular weight is 414 g/mol. The average Bonchev–Trinajstić information content (AvgIpc) is 2.62. The van der Waals surface area contributed by atoms with Crippen molar-refractivity contribution < 1.29 is 22.9 Å². The van der Waals surface area contributed by atoms with E-state index in [0.717, 1.165) is 6.07 Å². The van der Waals surface area contributed by atoms with Crippen molar-refractivity contribution in [2.24, 2.45) is 0 Å². The standard InChI is InChI=1S/C16H16ClN3O6S/c1-26-15-7-6-11(10-14(15)20(22)23)27(24,25)18-9-8-16(21)19-13-5-3-2-4-12(13)17/h2-7,10,18H,8-9H2,1H3,(H,19,21). The van der Waals surface area contributed by atoms with Crippen LogP contribution in [0.5, 0.6) is 5.75 Å². The Morgan fingerprint density at radius 2 is 1.96 bits per heavy atom. The van der Waals surface area contributed by atoms with Crippen molar-refractivity contribution in [1.82, 2.24) is 4.72 Å². The molecule has 0 aliphatic rings. The molecule has 0 aromatic heterocycles. The minimum atomic E-state index is -4.03. The molecule has 0 atom stereocenters. The Labute approximate surface area is 160 Å². The monoisotopic (exact) mass is 413 g/mol. The van der Waals surface area contributed by atoms with Gasteiger partial charge in [0.25, 0.3) is 0 Å². The number of nitrogens with zero attached hydrogens (tertiary/aromatic N) is 1. The van der Waals surface area contributed by atoms with Crippen molar-refractivity contribution in [2.45, 2.75) is 11.3 Å². The zero-order valence-electron chi connectivity index (χ0n) is 14.1. The molecule has 0 saturated carbocycles. The van der Waals surface area contributed by atoms with Crippen LogP contribution in [0.2, 0.25) is 5.02 Å². The van der Waals surface area contributed by atoms with E-state index < -0.39 is 26.5 Å². The summed E-state index contributed by atoms with van der Waals surface area (Å²) in [4.78, 5) is 21.9. The normalized spacial score (nSPS) is 11.0. The van der Waals surface area contributed by atoms with Gasteiger partial charge < -0.3 is 10.1 Å². The lowest BCUT2D eigenvalue weighted by Crippen LogP contribution is -2.28. The summed E-state index contributed by atoms with van der Waals surface area (Å²) in [5.41, 5.74) is -0.0605. The second-order valence-corrected chi connectivity index (χ2v) is 7.44. The number of ether oxygens (including phenoxy) is 1. The Morgan fingerprint density at radius 3 is 2.59 bits per heavy atom. The third kappa shape index (κ3) is 5.39. The number of hydrogen-bond donors (Lipinski definition) is 2. The molecule has 9 nitrogen and oxygen atoms in total. The molecule has 0 aliphatic heterocycles. The Hall–Kier alpha value is -2.69. The first-order valence-corrected chi connectivity index (χ1v) is 9.47. The lowest BCUT2D eigenvalue weighted by Gasteiger charge is -2.09. The number of carbonyl (C=O) groups excluding carboxylic acids is 1. The van der Waals surface area contributed by atoms with Gasteiger partial charge in [-0.1, -0.05) is 23.7 Å². The zero-order valence-corrected chi connectivity index (χ0v) is 15.7. The minimum absolute atomic E-state index is 0.0573. The molecule has 0 spiro atoms. The molecule has 2 aromatic carbocycles. The Bertz CT molecular complexity index is 964. The van der Waals surface area contributed by atoms with Crippen LogP contribution in [0.4, 0.5) is 11.4 Å². The maximum atomic E-state index is 12.3. The van der Waals surface area contributed by atoms with Gasteiger partial charge in [0.2, 0.25) is 15.9 Å². The number of benzene rings is 2. The SMILES string of the molecule is COc1ccc(S(=O)(=O)NCCC(=O)Nc2ccccc2Cl)cc1[N+](=O)[O-]. The summed E-state index contributed by atoms with van der Waals surface area (Å²) in [7, 11) is -2.79. The Balaban J connectivity index is 2.00. The molecular weight excluding hydrogens is 398 g/mol. The van der Waals surface area contributed by atoms with E-state index in [-0.39, 0.29) is 23.6 Å². The fraction of sp³-hybridized carbons (Fsp3) is 0.188. The fourth-order valence-corrected chi connectivity index (χ4v) is 3.37. The topological polar surface area (TPSA) is 128 Å². The summed E-state index contributed by atoms with van der Waals surface area (Å²) in [6.07, 6.45) is -0.150. The van der Waals surface area contributed by atoms with E-state index in [1.54, 1.807) is 24.3 Å². The number of halogens is 1. The van der Waals surface area contributed by atoms with Gasteiger partial charge in [-0.05, 0) is 24.3 Å². The van der Waals surface area contributed by atoms with E-state index in [4.69, 9.17) is 16.3 Å². The number of sulfonamides is 1. The molecule has 144 valence electrons. The van der Waals surface area contributed by atoms with E-state index in [2.05, 4.69) is 10.0 Å². The summed E-state index contributed by atoms with van der Waals surface area (Å²) < 4.78 is 31.6. The van der Waals surface area contributed by atoms with Crippen LogP contribution in [0, 0.1) is 10.1 Å². The van der Waals surface area contributed by atoms with Crippen molar-refractivity contribution >= 4 is 38.9 Å². The smallest absolute Gasteiger partial charge is 0.312 e. The molecule has 0 saturated heterocycles. The third-order valence-electron chi connectivity index (χ3n) is 3.45. The molecule has 0 heterocycles. The Kier molecular flexibility index (Phi) is 6.72. The summed E-state index contributed by atoms with van der Waals surface area (Å²) in [5, 5.41) is 13.9. The second-order valence-electron chi connectivity index (χ2n) is 5.27. The summed E-state index contributed by atoms with van der Waals surface area (Å²) >= 11 is 5.93. The number of amides is 1. The van der Waals surface area contributed by atoms with Gasteiger partial charge in [-0.3, -0.25) is 14.9 Å². The number of nitro benzene ring substituents is 1. The molecule has 2 rings (SSSR count). The second kappa shape index (κ2) is 8.80. The summed E-state index contributed by atoms with van der Waals surface area (Å²) in [5.74, 6) is -0.496. The van der Waals surface area contributed by atoms with Crippen LogP contribution >= 0.6 is 11.6 Å². The van der Waals surface area contributed by atoms with Gasteiger partial charge in [0, 0.05) is 19.0 Å². The molecule has 0 radical (unpaired) electrons. The number of para-hydroxylation sites is 1. The first-order valence-electron chi connectivity index (χ1n) is 7.61. The van der Waals surface area contributed by atoms with Crippen molar-refractivity contribution in [3.8, 4) is 5.75 Å². The maximum absolute atomic E-state index is 12.3. The molecule has 11 heteroatoms. The van der Waals surface area contributed by atoms with E-state index in [1.807, 2.05) is 0 Å². The number of methoxy groups -OCH3 is 1. The molecule has 0 aliphatic carbocycles. The van der Waals surface area contributed by atoms with Gasteiger partial charge in [0.15, 0.2) is 5.75 Å².